The van der Waals surface area contributed by atoms with Gasteiger partial charge in [0.15, 0.2) is 6.04 Å². The minimum Gasteiger partial charge on any atom is -0.508 e. The first-order valence-electron chi connectivity index (χ1n) is 7.28. The molecule has 2 rings (SSSR count). The molecule has 1 heterocycles. The van der Waals surface area contributed by atoms with Gasteiger partial charge in [-0.15, -0.1) is 0 Å². The van der Waals surface area contributed by atoms with Crippen molar-refractivity contribution in [3.05, 3.63) is 29.8 Å². The molecular weight excluding hydrogens is 318 g/mol. The standard InChI is InChI=1S/C15H17N3O6/c1-2-17-7-8-18(13(21)12(17)20)15(24)16-11(14(22)23)9-3-5-10(19)6-4-9/h3-6,11,19H,2,7-8H2,1H3,(H,16,24)(H,22,23). The van der Waals surface area contributed by atoms with Crippen LogP contribution in [-0.4, -0.2) is 63.5 Å². The lowest BCUT2D eigenvalue weighted by Crippen LogP contribution is -2.58. The van der Waals surface area contributed by atoms with E-state index in [9.17, 15) is 29.4 Å². The highest BCUT2D eigenvalue weighted by atomic mass is 16.4. The maximum absolute atomic E-state index is 12.2. The Morgan fingerprint density at radius 3 is 2.33 bits per heavy atom. The van der Waals surface area contributed by atoms with Gasteiger partial charge in [-0.2, -0.15) is 0 Å². The van der Waals surface area contributed by atoms with E-state index in [-0.39, 0.29) is 24.4 Å². The number of imide groups is 1. The molecule has 4 amide bonds. The molecule has 0 radical (unpaired) electrons. The summed E-state index contributed by atoms with van der Waals surface area (Å²) in [4.78, 5) is 49.4. The van der Waals surface area contributed by atoms with Gasteiger partial charge in [-0.1, -0.05) is 12.1 Å². The number of amides is 4. The normalized spacial score (nSPS) is 16.0. The number of carbonyl (C=O) groups excluding carboxylic acids is 3. The van der Waals surface area contributed by atoms with Crippen molar-refractivity contribution in [2.75, 3.05) is 19.6 Å². The van der Waals surface area contributed by atoms with Gasteiger partial charge < -0.3 is 20.4 Å². The molecule has 1 atom stereocenters. The zero-order valence-corrected chi connectivity index (χ0v) is 12.9. The fraction of sp³-hybridized carbons (Fsp3) is 0.333. The highest BCUT2D eigenvalue weighted by Crippen LogP contribution is 2.18. The summed E-state index contributed by atoms with van der Waals surface area (Å²) in [6.45, 7) is 2.26. The molecular formula is C15H17N3O6. The Kier molecular flexibility index (Phi) is 5.02. The number of phenols is 1. The van der Waals surface area contributed by atoms with Gasteiger partial charge in [-0.05, 0) is 24.6 Å². The minimum absolute atomic E-state index is 0.00777. The van der Waals surface area contributed by atoms with E-state index in [2.05, 4.69) is 5.32 Å². The van der Waals surface area contributed by atoms with Crippen molar-refractivity contribution in [2.45, 2.75) is 13.0 Å². The number of nitrogens with zero attached hydrogens (tertiary/aromatic N) is 2. The predicted octanol–water partition coefficient (Wildman–Crippen LogP) is -0.0818. The van der Waals surface area contributed by atoms with Crippen molar-refractivity contribution in [3.63, 3.8) is 0 Å². The smallest absolute Gasteiger partial charge is 0.330 e. The molecule has 1 aliphatic heterocycles. The molecule has 24 heavy (non-hydrogen) atoms. The Hall–Kier alpha value is -3.10. The topological polar surface area (TPSA) is 127 Å². The highest BCUT2D eigenvalue weighted by molar-refractivity contribution is 6.38. The molecule has 0 saturated carbocycles. The van der Waals surface area contributed by atoms with Crippen LogP contribution < -0.4 is 5.32 Å². The van der Waals surface area contributed by atoms with E-state index in [4.69, 9.17) is 0 Å². The minimum atomic E-state index is -1.41. The van der Waals surface area contributed by atoms with Crippen molar-refractivity contribution < 1.29 is 29.4 Å². The van der Waals surface area contributed by atoms with E-state index < -0.39 is 29.9 Å². The van der Waals surface area contributed by atoms with Gasteiger partial charge in [0.2, 0.25) is 0 Å². The Morgan fingerprint density at radius 2 is 1.79 bits per heavy atom. The number of benzene rings is 1. The Labute approximate surface area is 137 Å². The van der Waals surface area contributed by atoms with Crippen molar-refractivity contribution >= 4 is 23.8 Å². The maximum atomic E-state index is 12.2. The molecule has 1 aromatic rings. The largest absolute Gasteiger partial charge is 0.508 e. The fourth-order valence-corrected chi connectivity index (χ4v) is 2.33. The summed E-state index contributed by atoms with van der Waals surface area (Å²) < 4.78 is 0. The van der Waals surface area contributed by atoms with Crippen LogP contribution in [0.4, 0.5) is 4.79 Å². The third kappa shape index (κ3) is 3.45. The number of likely N-dealkylation sites (N-methyl/N-ethyl adjacent to an activating group) is 1. The fourth-order valence-electron chi connectivity index (χ4n) is 2.33. The van der Waals surface area contributed by atoms with Gasteiger partial charge in [-0.25, -0.2) is 9.59 Å². The van der Waals surface area contributed by atoms with E-state index in [0.717, 1.165) is 0 Å². The number of piperazine rings is 1. The molecule has 0 aromatic heterocycles. The Balaban J connectivity index is 2.14. The van der Waals surface area contributed by atoms with Crippen molar-refractivity contribution in [3.8, 4) is 5.75 Å². The van der Waals surface area contributed by atoms with E-state index in [1.165, 1.54) is 29.2 Å². The monoisotopic (exact) mass is 335 g/mol. The van der Waals surface area contributed by atoms with Gasteiger partial charge in [-0.3, -0.25) is 14.5 Å². The van der Waals surface area contributed by atoms with E-state index in [1.54, 1.807) is 6.92 Å². The van der Waals surface area contributed by atoms with Gasteiger partial charge in [0, 0.05) is 19.6 Å². The molecule has 9 nitrogen and oxygen atoms in total. The molecule has 0 bridgehead atoms. The second kappa shape index (κ2) is 6.99. The molecule has 0 spiro atoms. The van der Waals surface area contributed by atoms with Crippen molar-refractivity contribution in [1.29, 1.82) is 0 Å². The zero-order chi connectivity index (χ0) is 17.9. The lowest BCUT2D eigenvalue weighted by molar-refractivity contribution is -0.153. The van der Waals surface area contributed by atoms with E-state index in [0.29, 0.717) is 11.4 Å². The summed E-state index contributed by atoms with van der Waals surface area (Å²) in [5.74, 6) is -3.17. The van der Waals surface area contributed by atoms with Crippen LogP contribution in [0.15, 0.2) is 24.3 Å². The van der Waals surface area contributed by atoms with Crippen LogP contribution in [-0.2, 0) is 14.4 Å². The Morgan fingerprint density at radius 1 is 1.17 bits per heavy atom. The number of carbonyl (C=O) groups is 4. The summed E-state index contributed by atoms with van der Waals surface area (Å²) in [5.41, 5.74) is 0.222. The second-order valence-electron chi connectivity index (χ2n) is 5.15. The summed E-state index contributed by atoms with van der Waals surface area (Å²) in [6, 6.07) is 2.89. The average molecular weight is 335 g/mol. The number of aromatic hydroxyl groups is 1. The number of hydrogen-bond acceptors (Lipinski definition) is 5. The van der Waals surface area contributed by atoms with Crippen molar-refractivity contribution in [2.24, 2.45) is 0 Å². The molecule has 9 heteroatoms. The summed E-state index contributed by atoms with van der Waals surface area (Å²) >= 11 is 0. The number of hydrogen-bond donors (Lipinski definition) is 3. The first-order valence-corrected chi connectivity index (χ1v) is 7.28. The lowest BCUT2D eigenvalue weighted by Gasteiger charge is -2.32. The van der Waals surface area contributed by atoms with Crippen LogP contribution in [0, 0.1) is 0 Å². The van der Waals surface area contributed by atoms with Gasteiger partial charge in [0.25, 0.3) is 0 Å². The van der Waals surface area contributed by atoms with Crippen LogP contribution in [0.5, 0.6) is 5.75 Å². The van der Waals surface area contributed by atoms with Gasteiger partial charge in [0.1, 0.15) is 5.75 Å². The predicted molar refractivity (Wildman–Crippen MR) is 81.0 cm³/mol. The van der Waals surface area contributed by atoms with Crippen LogP contribution >= 0.6 is 0 Å². The molecule has 1 fully saturated rings. The highest BCUT2D eigenvalue weighted by Gasteiger charge is 2.36. The molecule has 0 aliphatic carbocycles. The molecule has 1 unspecified atom stereocenters. The number of carboxylic acids is 1. The first-order chi connectivity index (χ1) is 11.3. The molecule has 1 aliphatic rings. The quantitative estimate of drug-likeness (QED) is 0.660. The maximum Gasteiger partial charge on any atom is 0.330 e. The number of urea groups is 1. The molecule has 1 aromatic carbocycles. The third-order valence-corrected chi connectivity index (χ3v) is 3.68. The first kappa shape index (κ1) is 17.3. The summed E-state index contributed by atoms with van der Waals surface area (Å²) in [7, 11) is 0. The average Bonchev–Trinajstić information content (AvgIpc) is 2.55. The van der Waals surface area contributed by atoms with E-state index in [1.807, 2.05) is 0 Å². The SMILES string of the molecule is CCN1CCN(C(=O)NC(C(=O)O)c2ccc(O)cc2)C(=O)C1=O. The molecule has 3 N–H and O–H groups in total. The number of nitrogens with one attached hydrogen (secondary N) is 1. The Bertz CT molecular complexity index is 672. The van der Waals surface area contributed by atoms with E-state index >= 15 is 0 Å². The van der Waals surface area contributed by atoms with Gasteiger partial charge >= 0.3 is 23.8 Å². The van der Waals surface area contributed by atoms with Crippen molar-refractivity contribution in [1.82, 2.24) is 15.1 Å². The lowest BCUT2D eigenvalue weighted by atomic mass is 10.1. The second-order valence-corrected chi connectivity index (χ2v) is 5.15. The number of aliphatic carboxylic acids is 1. The summed E-state index contributed by atoms with van der Waals surface area (Å²) in [6.07, 6.45) is 0. The van der Waals surface area contributed by atoms with Crippen LogP contribution in [0.3, 0.4) is 0 Å². The van der Waals surface area contributed by atoms with Crippen LogP contribution in [0.25, 0.3) is 0 Å². The third-order valence-electron chi connectivity index (χ3n) is 3.68. The van der Waals surface area contributed by atoms with Crippen LogP contribution in [0.2, 0.25) is 0 Å². The van der Waals surface area contributed by atoms with Crippen LogP contribution in [0.1, 0.15) is 18.5 Å². The molecule has 128 valence electrons. The zero-order valence-electron chi connectivity index (χ0n) is 12.9. The number of phenolic OH excluding ortho intramolecular Hbond substituents is 1. The number of rotatable bonds is 4. The summed E-state index contributed by atoms with van der Waals surface area (Å²) in [5, 5.41) is 20.8. The number of carboxylic acid groups (broad SMARTS) is 1. The van der Waals surface area contributed by atoms with Gasteiger partial charge in [0.05, 0.1) is 0 Å². The molecule has 1 saturated heterocycles.